The monoisotopic (exact) mass is 630 g/mol. The van der Waals surface area contributed by atoms with Crippen LogP contribution in [-0.2, 0) is 14.3 Å². The van der Waals surface area contributed by atoms with Gasteiger partial charge < -0.3 is 24.4 Å². The van der Waals surface area contributed by atoms with E-state index in [9.17, 15) is 9.90 Å². The minimum atomic E-state index is -0.698. The van der Waals surface area contributed by atoms with Gasteiger partial charge in [-0.05, 0) is 56.9 Å². The lowest BCUT2D eigenvalue weighted by molar-refractivity contribution is -0.163. The third kappa shape index (κ3) is 9.47. The standard InChI is InChI=1S/C20H24ClN3O3.C11H16ClN3O/c1-14(27-19(25)18(26-2)16-6-4-3-5-7-16)15-8-10-24(11-9-15)20-22-12-17(21)13-23-20;1-8(16)9-2-4-15(5-3-9)11-13-6-10(12)7-14-11/h3-7,12-15,18H,8-11H2,1-2H3;6-9,16H,2-5H2,1H3/t14-,18+;8-/m11/s1. The van der Waals surface area contributed by atoms with Crippen LogP contribution >= 0.6 is 23.2 Å². The van der Waals surface area contributed by atoms with E-state index in [1.807, 2.05) is 44.2 Å². The van der Waals surface area contributed by atoms with Gasteiger partial charge in [-0.1, -0.05) is 53.5 Å². The number of methoxy groups -OCH3 is 1. The van der Waals surface area contributed by atoms with Gasteiger partial charge in [0.2, 0.25) is 11.9 Å². The number of aliphatic hydroxyl groups excluding tert-OH is 1. The molecule has 10 nitrogen and oxygen atoms in total. The van der Waals surface area contributed by atoms with E-state index in [0.717, 1.165) is 63.4 Å². The van der Waals surface area contributed by atoms with Gasteiger partial charge in [0.05, 0.1) is 40.9 Å². The fourth-order valence-corrected chi connectivity index (χ4v) is 5.62. The Kier molecular flexibility index (Phi) is 12.3. The highest BCUT2D eigenvalue weighted by Gasteiger charge is 2.30. The lowest BCUT2D eigenvalue weighted by Gasteiger charge is -2.34. The third-order valence-corrected chi connectivity index (χ3v) is 8.45. The second-order valence-electron chi connectivity index (χ2n) is 11.0. The first-order valence-electron chi connectivity index (χ1n) is 14.7. The van der Waals surface area contributed by atoms with Crippen molar-refractivity contribution in [2.24, 2.45) is 11.8 Å². The molecule has 0 aliphatic carbocycles. The smallest absolute Gasteiger partial charge is 0.340 e. The highest BCUT2D eigenvalue weighted by molar-refractivity contribution is 6.30. The van der Waals surface area contributed by atoms with Gasteiger partial charge in [-0.15, -0.1) is 0 Å². The van der Waals surface area contributed by atoms with Crippen molar-refractivity contribution in [3.05, 3.63) is 70.7 Å². The molecule has 5 rings (SSSR count). The van der Waals surface area contributed by atoms with Crippen LogP contribution in [0, 0.1) is 11.8 Å². The summed E-state index contributed by atoms with van der Waals surface area (Å²) in [4.78, 5) is 33.7. The molecule has 2 aromatic heterocycles. The molecule has 232 valence electrons. The molecule has 0 saturated carbocycles. The minimum absolute atomic E-state index is 0.174. The van der Waals surface area contributed by atoms with Crippen molar-refractivity contribution in [3.8, 4) is 0 Å². The summed E-state index contributed by atoms with van der Waals surface area (Å²) in [6, 6.07) is 9.40. The van der Waals surface area contributed by atoms with Crippen molar-refractivity contribution >= 4 is 41.1 Å². The van der Waals surface area contributed by atoms with Gasteiger partial charge in [-0.3, -0.25) is 0 Å². The maximum absolute atomic E-state index is 12.6. The number of anilines is 2. The Balaban J connectivity index is 0.000000225. The fourth-order valence-electron chi connectivity index (χ4n) is 5.43. The van der Waals surface area contributed by atoms with Crippen LogP contribution in [-0.4, -0.2) is 76.5 Å². The van der Waals surface area contributed by atoms with E-state index in [1.54, 1.807) is 24.8 Å². The van der Waals surface area contributed by atoms with E-state index in [4.69, 9.17) is 32.7 Å². The molecule has 2 aliphatic heterocycles. The summed E-state index contributed by atoms with van der Waals surface area (Å²) in [6.07, 6.45) is 9.15. The molecule has 3 atom stereocenters. The number of aromatic nitrogens is 4. The number of esters is 1. The number of ether oxygens (including phenoxy) is 2. The van der Waals surface area contributed by atoms with Crippen molar-refractivity contribution in [3.63, 3.8) is 0 Å². The number of nitrogens with zero attached hydrogens (tertiary/aromatic N) is 6. The van der Waals surface area contributed by atoms with Crippen LogP contribution in [0.3, 0.4) is 0 Å². The largest absolute Gasteiger partial charge is 0.460 e. The first kappa shape index (κ1) is 32.9. The van der Waals surface area contributed by atoms with E-state index >= 15 is 0 Å². The molecule has 1 aromatic carbocycles. The highest BCUT2D eigenvalue weighted by Crippen LogP contribution is 2.27. The van der Waals surface area contributed by atoms with E-state index in [0.29, 0.717) is 27.8 Å². The average molecular weight is 632 g/mol. The Labute approximate surface area is 263 Å². The molecular weight excluding hydrogens is 591 g/mol. The lowest BCUT2D eigenvalue weighted by atomic mass is 9.92. The zero-order valence-corrected chi connectivity index (χ0v) is 26.4. The number of carbonyl (C=O) groups is 1. The van der Waals surface area contributed by atoms with Gasteiger partial charge in [0, 0.05) is 33.3 Å². The molecule has 4 heterocycles. The summed E-state index contributed by atoms with van der Waals surface area (Å²) in [5.41, 5.74) is 0.798. The first-order chi connectivity index (χ1) is 20.7. The SMILES string of the molecule is CO[C@H](C(=O)O[C@H](C)C1CCN(c2ncc(Cl)cn2)CC1)c1ccccc1.C[C@@H](O)C1CCN(c2ncc(Cl)cn2)CC1. The first-order valence-corrected chi connectivity index (χ1v) is 15.4. The summed E-state index contributed by atoms with van der Waals surface area (Å²) < 4.78 is 11.1. The quantitative estimate of drug-likeness (QED) is 0.325. The number of benzene rings is 1. The highest BCUT2D eigenvalue weighted by atomic mass is 35.5. The maximum atomic E-state index is 12.6. The summed E-state index contributed by atoms with van der Waals surface area (Å²) in [7, 11) is 1.52. The van der Waals surface area contributed by atoms with Gasteiger partial charge in [0.1, 0.15) is 6.10 Å². The van der Waals surface area contributed by atoms with Gasteiger partial charge in [0.15, 0.2) is 6.10 Å². The van der Waals surface area contributed by atoms with Crippen molar-refractivity contribution in [1.29, 1.82) is 0 Å². The molecule has 43 heavy (non-hydrogen) atoms. The number of hydrogen-bond donors (Lipinski definition) is 1. The van der Waals surface area contributed by atoms with Crippen LogP contribution in [0.15, 0.2) is 55.1 Å². The molecule has 0 spiro atoms. The molecule has 1 N–H and O–H groups in total. The molecule has 0 bridgehead atoms. The number of halogens is 2. The summed E-state index contributed by atoms with van der Waals surface area (Å²) in [5, 5.41) is 10.6. The molecule has 12 heteroatoms. The molecule has 2 aliphatic rings. The topological polar surface area (TPSA) is 114 Å². The predicted molar refractivity (Wildman–Crippen MR) is 167 cm³/mol. The van der Waals surface area contributed by atoms with Crippen LogP contribution in [0.25, 0.3) is 0 Å². The third-order valence-electron chi connectivity index (χ3n) is 8.06. The number of piperidine rings is 2. The molecule has 2 saturated heterocycles. The number of rotatable bonds is 8. The van der Waals surface area contributed by atoms with E-state index in [-0.39, 0.29) is 18.2 Å². The van der Waals surface area contributed by atoms with Crippen molar-refractivity contribution in [2.75, 3.05) is 43.1 Å². The number of aliphatic hydroxyl groups is 1. The Morgan fingerprint density at radius 2 is 1.26 bits per heavy atom. The van der Waals surface area contributed by atoms with Gasteiger partial charge in [-0.2, -0.15) is 0 Å². The molecule has 0 radical (unpaired) electrons. The fraction of sp³-hybridized carbons (Fsp3) is 0.516. The molecule has 3 aromatic rings. The molecule has 0 amide bonds. The summed E-state index contributed by atoms with van der Waals surface area (Å²) in [6.45, 7) is 7.25. The Bertz CT molecular complexity index is 1250. The average Bonchev–Trinajstić information content (AvgIpc) is 3.03. The van der Waals surface area contributed by atoms with Gasteiger partial charge in [-0.25, -0.2) is 24.7 Å². The van der Waals surface area contributed by atoms with Gasteiger partial charge >= 0.3 is 5.97 Å². The van der Waals surface area contributed by atoms with Gasteiger partial charge in [0.25, 0.3) is 0 Å². The summed E-state index contributed by atoms with van der Waals surface area (Å²) >= 11 is 11.6. The maximum Gasteiger partial charge on any atom is 0.340 e. The van der Waals surface area contributed by atoms with Crippen molar-refractivity contribution < 1.29 is 19.4 Å². The Hall–Kier alpha value is -3.05. The zero-order chi connectivity index (χ0) is 30.8. The van der Waals surface area contributed by atoms with Crippen LogP contribution in [0.2, 0.25) is 10.0 Å². The van der Waals surface area contributed by atoms with Crippen LogP contribution in [0.1, 0.15) is 51.2 Å². The molecule has 0 unspecified atom stereocenters. The van der Waals surface area contributed by atoms with E-state index in [2.05, 4.69) is 29.7 Å². The summed E-state index contributed by atoms with van der Waals surface area (Å²) in [5.74, 6) is 1.77. The van der Waals surface area contributed by atoms with E-state index in [1.165, 1.54) is 7.11 Å². The van der Waals surface area contributed by atoms with E-state index < -0.39 is 6.10 Å². The predicted octanol–water partition coefficient (Wildman–Crippen LogP) is 5.39. The lowest BCUT2D eigenvalue weighted by Crippen LogP contribution is -2.39. The minimum Gasteiger partial charge on any atom is -0.460 e. The second kappa shape index (κ2) is 16.1. The molecular formula is C31H40Cl2N6O4. The molecule has 2 fully saturated rings. The van der Waals surface area contributed by atoms with Crippen molar-refractivity contribution in [1.82, 2.24) is 19.9 Å². The van der Waals surface area contributed by atoms with Crippen LogP contribution < -0.4 is 9.80 Å². The number of hydrogen-bond acceptors (Lipinski definition) is 10. The van der Waals surface area contributed by atoms with Crippen molar-refractivity contribution in [2.45, 2.75) is 57.8 Å². The number of carbonyl (C=O) groups excluding carboxylic acids is 1. The van der Waals surface area contributed by atoms with Crippen LogP contribution in [0.5, 0.6) is 0 Å². The Morgan fingerprint density at radius 1 is 0.814 bits per heavy atom. The Morgan fingerprint density at radius 3 is 1.67 bits per heavy atom. The van der Waals surface area contributed by atoms with Crippen LogP contribution in [0.4, 0.5) is 11.9 Å². The zero-order valence-electron chi connectivity index (χ0n) is 24.9. The second-order valence-corrected chi connectivity index (χ2v) is 11.8. The normalized spacial score (nSPS) is 18.3.